The summed E-state index contributed by atoms with van der Waals surface area (Å²) in [5.74, 6) is 1.01. The van der Waals surface area contributed by atoms with E-state index in [-0.39, 0.29) is 11.7 Å². The molecule has 0 radical (unpaired) electrons. The number of carbonyl (C=O) groups excluding carboxylic acids is 1. The van der Waals surface area contributed by atoms with Crippen LogP contribution in [0.25, 0.3) is 0 Å². The van der Waals surface area contributed by atoms with Crippen molar-refractivity contribution in [2.45, 2.75) is 39.7 Å². The molecule has 70 valence electrons. The van der Waals surface area contributed by atoms with E-state index in [9.17, 15) is 4.79 Å². The smallest absolute Gasteiger partial charge is 0.169 e. The van der Waals surface area contributed by atoms with Crippen LogP contribution in [0, 0.1) is 11.8 Å². The van der Waals surface area contributed by atoms with E-state index < -0.39 is 5.60 Å². The van der Waals surface area contributed by atoms with Gasteiger partial charge in [-0.1, -0.05) is 20.8 Å². The van der Waals surface area contributed by atoms with Crippen LogP contribution >= 0.6 is 0 Å². The Labute approximate surface area is 74.3 Å². The third-order valence-electron chi connectivity index (χ3n) is 2.37. The van der Waals surface area contributed by atoms with Crippen LogP contribution < -0.4 is 0 Å². The number of epoxide rings is 1. The molecule has 2 atom stereocenters. The molecule has 1 rings (SSSR count). The average Bonchev–Trinajstić information content (AvgIpc) is 2.66. The van der Waals surface area contributed by atoms with Gasteiger partial charge in [-0.05, 0) is 19.3 Å². The molecule has 0 saturated carbocycles. The first-order valence-electron chi connectivity index (χ1n) is 4.64. The van der Waals surface area contributed by atoms with Gasteiger partial charge in [0.2, 0.25) is 0 Å². The summed E-state index contributed by atoms with van der Waals surface area (Å²) in [5.41, 5.74) is -0.422. The van der Waals surface area contributed by atoms with Gasteiger partial charge >= 0.3 is 0 Å². The lowest BCUT2D eigenvalue weighted by molar-refractivity contribution is -0.127. The first-order chi connectivity index (χ1) is 5.46. The lowest BCUT2D eigenvalue weighted by atomic mass is 9.89. The van der Waals surface area contributed by atoms with Gasteiger partial charge in [0.25, 0.3) is 0 Å². The molecule has 0 aromatic carbocycles. The molecule has 1 saturated heterocycles. The third-order valence-corrected chi connectivity index (χ3v) is 2.37. The molecule has 2 heteroatoms. The zero-order chi connectivity index (χ0) is 9.35. The van der Waals surface area contributed by atoms with E-state index in [0.29, 0.717) is 12.5 Å². The molecule has 1 fully saturated rings. The fraction of sp³-hybridized carbons (Fsp3) is 0.900. The van der Waals surface area contributed by atoms with Crippen molar-refractivity contribution in [3.8, 4) is 0 Å². The van der Waals surface area contributed by atoms with Gasteiger partial charge in [0.1, 0.15) is 5.60 Å². The molecule has 0 N–H and O–H groups in total. The molecule has 0 aromatic rings. The Morgan fingerprint density at radius 2 is 2.00 bits per heavy atom. The number of rotatable bonds is 4. The van der Waals surface area contributed by atoms with E-state index in [2.05, 4.69) is 13.8 Å². The highest BCUT2D eigenvalue weighted by atomic mass is 16.6. The van der Waals surface area contributed by atoms with Crippen molar-refractivity contribution in [2.24, 2.45) is 11.8 Å². The van der Waals surface area contributed by atoms with Crippen molar-refractivity contribution in [3.05, 3.63) is 0 Å². The zero-order valence-corrected chi connectivity index (χ0v) is 8.39. The topological polar surface area (TPSA) is 29.6 Å². The second-order valence-corrected chi connectivity index (χ2v) is 4.41. The second-order valence-electron chi connectivity index (χ2n) is 4.41. The maximum atomic E-state index is 11.6. The maximum absolute atomic E-state index is 11.6. The van der Waals surface area contributed by atoms with Gasteiger partial charge in [-0.15, -0.1) is 0 Å². The van der Waals surface area contributed by atoms with Crippen LogP contribution in [0.4, 0.5) is 0 Å². The maximum Gasteiger partial charge on any atom is 0.169 e. The average molecular weight is 170 g/mol. The Hall–Kier alpha value is -0.370. The van der Waals surface area contributed by atoms with Gasteiger partial charge in [0.05, 0.1) is 6.61 Å². The van der Waals surface area contributed by atoms with Gasteiger partial charge in [0.15, 0.2) is 5.78 Å². The van der Waals surface area contributed by atoms with Crippen molar-refractivity contribution in [1.82, 2.24) is 0 Å². The number of hydrogen-bond acceptors (Lipinski definition) is 2. The van der Waals surface area contributed by atoms with E-state index in [4.69, 9.17) is 4.74 Å². The molecular formula is C10H18O2. The highest BCUT2D eigenvalue weighted by Crippen LogP contribution is 2.31. The van der Waals surface area contributed by atoms with E-state index >= 15 is 0 Å². The Morgan fingerprint density at radius 3 is 2.33 bits per heavy atom. The molecular weight excluding hydrogens is 152 g/mol. The summed E-state index contributed by atoms with van der Waals surface area (Å²) in [5, 5.41) is 0. The summed E-state index contributed by atoms with van der Waals surface area (Å²) < 4.78 is 5.11. The Kier molecular flexibility index (Phi) is 2.57. The second kappa shape index (κ2) is 3.17. The molecule has 1 unspecified atom stereocenters. The van der Waals surface area contributed by atoms with Crippen LogP contribution in [-0.4, -0.2) is 18.0 Å². The van der Waals surface area contributed by atoms with Crippen molar-refractivity contribution in [1.29, 1.82) is 0 Å². The summed E-state index contributed by atoms with van der Waals surface area (Å²) in [6.07, 6.45) is 0.970. The zero-order valence-electron chi connectivity index (χ0n) is 8.39. The predicted molar refractivity (Wildman–Crippen MR) is 48.0 cm³/mol. The fourth-order valence-electron chi connectivity index (χ4n) is 1.59. The number of hydrogen-bond donors (Lipinski definition) is 0. The third kappa shape index (κ3) is 2.07. The van der Waals surface area contributed by atoms with Gasteiger partial charge in [-0.2, -0.15) is 0 Å². The Bertz CT molecular complexity index is 180. The lowest BCUT2D eigenvalue weighted by Crippen LogP contribution is -2.27. The van der Waals surface area contributed by atoms with E-state index in [1.165, 1.54) is 0 Å². The number of carbonyl (C=O) groups is 1. The number of Topliss-reactive ketones (excluding diaryl/α,β-unsaturated/α-hetero) is 1. The molecule has 1 heterocycles. The monoisotopic (exact) mass is 170 g/mol. The van der Waals surface area contributed by atoms with Crippen molar-refractivity contribution >= 4 is 5.78 Å². The number of ether oxygens (including phenoxy) is 1. The first-order valence-corrected chi connectivity index (χ1v) is 4.64. The van der Waals surface area contributed by atoms with Crippen LogP contribution in [0.2, 0.25) is 0 Å². The molecule has 12 heavy (non-hydrogen) atoms. The van der Waals surface area contributed by atoms with Crippen molar-refractivity contribution in [2.75, 3.05) is 6.61 Å². The van der Waals surface area contributed by atoms with Crippen LogP contribution in [0.5, 0.6) is 0 Å². The molecule has 1 aliphatic heterocycles. The van der Waals surface area contributed by atoms with Gasteiger partial charge in [-0.3, -0.25) is 4.79 Å². The SMILES string of the molecule is CC(C)C[C@H](C)C(=O)C1(C)CO1. The number of ketones is 1. The van der Waals surface area contributed by atoms with Gasteiger partial charge in [0, 0.05) is 5.92 Å². The van der Waals surface area contributed by atoms with Gasteiger partial charge < -0.3 is 4.74 Å². The minimum Gasteiger partial charge on any atom is -0.362 e. The molecule has 1 aliphatic rings. The highest BCUT2D eigenvalue weighted by molar-refractivity contribution is 5.90. The lowest BCUT2D eigenvalue weighted by Gasteiger charge is -2.14. The predicted octanol–water partition coefficient (Wildman–Crippen LogP) is 2.03. The van der Waals surface area contributed by atoms with Crippen LogP contribution in [0.15, 0.2) is 0 Å². The van der Waals surface area contributed by atoms with Crippen LogP contribution in [0.1, 0.15) is 34.1 Å². The van der Waals surface area contributed by atoms with E-state index in [1.807, 2.05) is 13.8 Å². The standard InChI is InChI=1S/C10H18O2/c1-7(2)5-8(3)9(11)10(4)6-12-10/h7-8H,5-6H2,1-4H3/t8-,10?/m0/s1. The van der Waals surface area contributed by atoms with E-state index in [1.54, 1.807) is 0 Å². The summed E-state index contributed by atoms with van der Waals surface area (Å²) in [6, 6.07) is 0. The minimum absolute atomic E-state index is 0.150. The summed E-state index contributed by atoms with van der Waals surface area (Å²) in [4.78, 5) is 11.6. The summed E-state index contributed by atoms with van der Waals surface area (Å²) >= 11 is 0. The van der Waals surface area contributed by atoms with Crippen molar-refractivity contribution in [3.63, 3.8) is 0 Å². The molecule has 0 spiro atoms. The highest BCUT2D eigenvalue weighted by Gasteiger charge is 2.48. The quantitative estimate of drug-likeness (QED) is 0.604. The van der Waals surface area contributed by atoms with E-state index in [0.717, 1.165) is 6.42 Å². The van der Waals surface area contributed by atoms with Crippen molar-refractivity contribution < 1.29 is 9.53 Å². The summed E-state index contributed by atoms with van der Waals surface area (Å²) in [6.45, 7) is 8.77. The molecule has 0 aromatic heterocycles. The molecule has 0 aliphatic carbocycles. The summed E-state index contributed by atoms with van der Waals surface area (Å²) in [7, 11) is 0. The van der Waals surface area contributed by atoms with Crippen LogP contribution in [0.3, 0.4) is 0 Å². The molecule has 0 bridgehead atoms. The minimum atomic E-state index is -0.422. The normalized spacial score (nSPS) is 30.4. The Balaban J connectivity index is 2.42. The molecule has 0 amide bonds. The first kappa shape index (κ1) is 9.72. The van der Waals surface area contributed by atoms with Gasteiger partial charge in [-0.25, -0.2) is 0 Å². The fourth-order valence-corrected chi connectivity index (χ4v) is 1.59. The Morgan fingerprint density at radius 1 is 1.50 bits per heavy atom. The van der Waals surface area contributed by atoms with Crippen LogP contribution in [-0.2, 0) is 9.53 Å². The molecule has 2 nitrogen and oxygen atoms in total. The largest absolute Gasteiger partial charge is 0.362 e.